The molecule has 0 spiro atoms. The lowest BCUT2D eigenvalue weighted by atomic mass is 10.2. The van der Waals surface area contributed by atoms with Crippen LogP contribution in [0.3, 0.4) is 0 Å². The van der Waals surface area contributed by atoms with Crippen LogP contribution >= 0.6 is 0 Å². The molecule has 0 aliphatic rings. The summed E-state index contributed by atoms with van der Waals surface area (Å²) in [7, 11) is 0. The number of nitrogens with zero attached hydrogens (tertiary/aromatic N) is 3. The molecule has 3 aromatic rings. The average molecular weight is 326 g/mol. The van der Waals surface area contributed by atoms with Gasteiger partial charge in [-0.3, -0.25) is 9.59 Å². The number of aromatic nitrogens is 3. The van der Waals surface area contributed by atoms with Crippen LogP contribution in [0.5, 0.6) is 0 Å². The minimum absolute atomic E-state index is 0.0848. The Morgan fingerprint density at radius 1 is 1.25 bits per heavy atom. The van der Waals surface area contributed by atoms with Crippen molar-refractivity contribution in [2.45, 2.75) is 32.7 Å². The van der Waals surface area contributed by atoms with Gasteiger partial charge < -0.3 is 10.4 Å². The Labute approximate surface area is 138 Å². The van der Waals surface area contributed by atoms with Gasteiger partial charge in [0.05, 0.1) is 17.3 Å². The van der Waals surface area contributed by atoms with Crippen LogP contribution in [0.15, 0.2) is 30.3 Å². The van der Waals surface area contributed by atoms with Crippen molar-refractivity contribution in [1.29, 1.82) is 0 Å². The number of hydrogen-bond acceptors (Lipinski definition) is 4. The maximum absolute atomic E-state index is 11.9. The van der Waals surface area contributed by atoms with Gasteiger partial charge in [-0.2, -0.15) is 5.10 Å². The van der Waals surface area contributed by atoms with Gasteiger partial charge in [0.1, 0.15) is 0 Å². The van der Waals surface area contributed by atoms with Gasteiger partial charge >= 0.3 is 5.97 Å². The Hall–Kier alpha value is -2.96. The highest BCUT2D eigenvalue weighted by Gasteiger charge is 2.15. The van der Waals surface area contributed by atoms with E-state index < -0.39 is 5.97 Å². The largest absolute Gasteiger partial charge is 0.481 e. The van der Waals surface area contributed by atoms with E-state index in [0.717, 1.165) is 22.7 Å². The maximum atomic E-state index is 11.9. The van der Waals surface area contributed by atoms with Crippen LogP contribution in [0.25, 0.3) is 21.9 Å². The van der Waals surface area contributed by atoms with E-state index >= 15 is 0 Å². The van der Waals surface area contributed by atoms with Crippen molar-refractivity contribution in [3.63, 3.8) is 0 Å². The normalized spacial score (nSPS) is 11.0. The highest BCUT2D eigenvalue weighted by atomic mass is 16.4. The number of hydrogen-bond donors (Lipinski definition) is 2. The summed E-state index contributed by atoms with van der Waals surface area (Å²) in [6.07, 6.45) is 0.594. The van der Waals surface area contributed by atoms with Gasteiger partial charge in [-0.25, -0.2) is 9.67 Å². The second-order valence-corrected chi connectivity index (χ2v) is 5.57. The molecule has 7 heteroatoms. The number of aryl methyl sites for hydroxylation is 1. The summed E-state index contributed by atoms with van der Waals surface area (Å²) in [6.45, 7) is 2.73. The quantitative estimate of drug-likeness (QED) is 0.726. The van der Waals surface area contributed by atoms with Gasteiger partial charge in [0, 0.05) is 18.4 Å². The average Bonchev–Trinajstić information content (AvgIpc) is 2.88. The van der Waals surface area contributed by atoms with Crippen LogP contribution in [-0.2, 0) is 16.1 Å². The molecule has 0 aliphatic heterocycles. The smallest absolute Gasteiger partial charge is 0.303 e. The lowest BCUT2D eigenvalue weighted by molar-refractivity contribution is -0.138. The highest BCUT2D eigenvalue weighted by Crippen LogP contribution is 2.26. The Bertz CT molecular complexity index is 917. The zero-order valence-corrected chi connectivity index (χ0v) is 13.3. The van der Waals surface area contributed by atoms with E-state index in [2.05, 4.69) is 15.4 Å². The van der Waals surface area contributed by atoms with Crippen molar-refractivity contribution in [1.82, 2.24) is 14.8 Å². The molecular formula is C17H18N4O3. The SMILES string of the molecule is CCCn1nc(NC(=O)CCC(=O)O)c2cc3ccccc3nc21. The number of benzene rings is 1. The van der Waals surface area contributed by atoms with E-state index in [9.17, 15) is 9.59 Å². The fraction of sp³-hybridized carbons (Fsp3) is 0.294. The van der Waals surface area contributed by atoms with Gasteiger partial charge in [0.2, 0.25) is 5.91 Å². The van der Waals surface area contributed by atoms with Crippen molar-refractivity contribution >= 4 is 39.6 Å². The summed E-state index contributed by atoms with van der Waals surface area (Å²) in [5.41, 5.74) is 1.58. The Kier molecular flexibility index (Phi) is 4.41. The zero-order valence-electron chi connectivity index (χ0n) is 13.3. The molecule has 0 aliphatic carbocycles. The van der Waals surface area contributed by atoms with Crippen LogP contribution in [0.4, 0.5) is 5.82 Å². The van der Waals surface area contributed by atoms with Crippen molar-refractivity contribution in [3.8, 4) is 0 Å². The number of rotatable bonds is 6. The summed E-state index contributed by atoms with van der Waals surface area (Å²) >= 11 is 0. The van der Waals surface area contributed by atoms with Gasteiger partial charge in [0.25, 0.3) is 0 Å². The van der Waals surface area contributed by atoms with Gasteiger partial charge in [-0.1, -0.05) is 25.1 Å². The molecule has 1 aromatic carbocycles. The first kappa shape index (κ1) is 15.9. The number of aliphatic carboxylic acids is 1. The molecule has 7 nitrogen and oxygen atoms in total. The van der Waals surface area contributed by atoms with Crippen LogP contribution < -0.4 is 5.32 Å². The molecule has 2 heterocycles. The Morgan fingerprint density at radius 2 is 2.04 bits per heavy atom. The number of carboxylic acids is 1. The minimum Gasteiger partial charge on any atom is -0.481 e. The lowest BCUT2D eigenvalue weighted by Crippen LogP contribution is -2.14. The van der Waals surface area contributed by atoms with E-state index in [1.807, 2.05) is 37.3 Å². The van der Waals surface area contributed by atoms with Gasteiger partial charge in [-0.15, -0.1) is 0 Å². The standard InChI is InChI=1S/C17H18N4O3/c1-2-9-21-17-12(10-11-5-3-4-6-13(11)18-17)16(20-21)19-14(22)7-8-15(23)24/h3-6,10H,2,7-9H2,1H3,(H,23,24)(H,19,20,22). The molecule has 0 radical (unpaired) electrons. The van der Waals surface area contributed by atoms with Crippen molar-refractivity contribution in [2.24, 2.45) is 0 Å². The molecule has 0 unspecified atom stereocenters. The Balaban J connectivity index is 2.01. The van der Waals surface area contributed by atoms with Gasteiger partial charge in [-0.05, 0) is 18.6 Å². The van der Waals surface area contributed by atoms with Crippen molar-refractivity contribution in [3.05, 3.63) is 30.3 Å². The summed E-state index contributed by atoms with van der Waals surface area (Å²) in [5, 5.41) is 17.6. The molecule has 124 valence electrons. The van der Waals surface area contributed by atoms with Crippen LogP contribution in [-0.4, -0.2) is 31.7 Å². The predicted molar refractivity (Wildman–Crippen MR) is 90.8 cm³/mol. The van der Waals surface area contributed by atoms with Crippen molar-refractivity contribution in [2.75, 3.05) is 5.32 Å². The topological polar surface area (TPSA) is 97.1 Å². The number of para-hydroxylation sites is 1. The number of fused-ring (bicyclic) bond motifs is 2. The second-order valence-electron chi connectivity index (χ2n) is 5.57. The number of nitrogens with one attached hydrogen (secondary N) is 1. The number of pyridine rings is 1. The molecule has 1 amide bonds. The van der Waals surface area contributed by atoms with Crippen LogP contribution in [0.2, 0.25) is 0 Å². The molecule has 0 fully saturated rings. The van der Waals surface area contributed by atoms with Crippen molar-refractivity contribution < 1.29 is 14.7 Å². The molecule has 3 rings (SSSR count). The van der Waals surface area contributed by atoms with E-state index in [1.165, 1.54) is 0 Å². The fourth-order valence-electron chi connectivity index (χ4n) is 2.57. The number of carbonyl (C=O) groups is 2. The third-order valence-corrected chi connectivity index (χ3v) is 3.68. The Morgan fingerprint density at radius 3 is 2.79 bits per heavy atom. The molecule has 0 saturated carbocycles. The highest BCUT2D eigenvalue weighted by molar-refractivity contribution is 6.03. The predicted octanol–water partition coefficient (Wildman–Crippen LogP) is 2.80. The third kappa shape index (κ3) is 3.19. The number of amides is 1. The summed E-state index contributed by atoms with van der Waals surface area (Å²) < 4.78 is 1.77. The zero-order chi connectivity index (χ0) is 17.1. The molecular weight excluding hydrogens is 308 g/mol. The summed E-state index contributed by atoms with van der Waals surface area (Å²) in [6, 6.07) is 9.69. The molecule has 24 heavy (non-hydrogen) atoms. The number of carbonyl (C=O) groups excluding carboxylic acids is 1. The first-order valence-electron chi connectivity index (χ1n) is 7.86. The molecule has 2 N–H and O–H groups in total. The van der Waals surface area contributed by atoms with Gasteiger partial charge in [0.15, 0.2) is 11.5 Å². The van der Waals surface area contributed by atoms with Crippen LogP contribution in [0, 0.1) is 0 Å². The summed E-state index contributed by atoms with van der Waals surface area (Å²) in [4.78, 5) is 27.2. The first-order valence-corrected chi connectivity index (χ1v) is 7.86. The number of anilines is 1. The maximum Gasteiger partial charge on any atom is 0.303 e. The summed E-state index contributed by atoms with van der Waals surface area (Å²) in [5.74, 6) is -0.945. The molecule has 0 bridgehead atoms. The van der Waals surface area contributed by atoms with Crippen LogP contribution in [0.1, 0.15) is 26.2 Å². The molecule has 0 saturated heterocycles. The monoisotopic (exact) mass is 326 g/mol. The third-order valence-electron chi connectivity index (χ3n) is 3.68. The second kappa shape index (κ2) is 6.66. The fourth-order valence-corrected chi connectivity index (χ4v) is 2.57. The van der Waals surface area contributed by atoms with E-state index in [-0.39, 0.29) is 18.7 Å². The van der Waals surface area contributed by atoms with E-state index in [0.29, 0.717) is 18.0 Å². The van der Waals surface area contributed by atoms with E-state index in [4.69, 9.17) is 5.11 Å². The molecule has 0 atom stereocenters. The van der Waals surface area contributed by atoms with E-state index in [1.54, 1.807) is 4.68 Å². The minimum atomic E-state index is -1.00. The first-order chi connectivity index (χ1) is 11.6. The lowest BCUT2D eigenvalue weighted by Gasteiger charge is -2.02. The number of carboxylic acid groups (broad SMARTS) is 1. The molecule has 2 aromatic heterocycles.